The maximum absolute atomic E-state index is 3.55. The molecule has 0 heterocycles. The van der Waals surface area contributed by atoms with Gasteiger partial charge in [0.2, 0.25) is 0 Å². The number of nitrogens with one attached hydrogen (secondary N) is 1. The van der Waals surface area contributed by atoms with Gasteiger partial charge in [-0.15, -0.1) is 0 Å². The highest BCUT2D eigenvalue weighted by Crippen LogP contribution is 2.28. The van der Waals surface area contributed by atoms with Crippen LogP contribution in [-0.2, 0) is 0 Å². The molecule has 0 aliphatic heterocycles. The molecule has 1 N–H and O–H groups in total. The molecule has 0 spiro atoms. The second-order valence-electron chi connectivity index (χ2n) is 8.60. The van der Waals surface area contributed by atoms with Crippen molar-refractivity contribution in [3.63, 3.8) is 0 Å². The van der Waals surface area contributed by atoms with E-state index in [4.69, 9.17) is 0 Å². The van der Waals surface area contributed by atoms with Crippen molar-refractivity contribution in [2.45, 2.75) is 119 Å². The van der Waals surface area contributed by atoms with Crippen molar-refractivity contribution in [2.75, 3.05) is 13.1 Å². The lowest BCUT2D eigenvalue weighted by molar-refractivity contribution is 0.293. The summed E-state index contributed by atoms with van der Waals surface area (Å²) in [5, 5.41) is 3.55. The smallest absolute Gasteiger partial charge is 0.00464 e. The van der Waals surface area contributed by atoms with Crippen LogP contribution >= 0.6 is 0 Å². The van der Waals surface area contributed by atoms with Gasteiger partial charge in [-0.25, -0.2) is 0 Å². The summed E-state index contributed by atoms with van der Waals surface area (Å²) in [5.74, 6) is 3.80. The van der Waals surface area contributed by atoms with E-state index < -0.39 is 0 Å². The fourth-order valence-electron chi connectivity index (χ4n) is 4.35. The third kappa shape index (κ3) is 13.8. The molecule has 0 saturated heterocycles. The van der Waals surface area contributed by atoms with Gasteiger partial charge in [-0.2, -0.15) is 0 Å². The first-order valence-electron chi connectivity index (χ1n) is 11.8. The number of hydrogen-bond acceptors (Lipinski definition) is 1. The molecule has 0 fully saturated rings. The third-order valence-electron chi connectivity index (χ3n) is 6.45. The molecule has 0 amide bonds. The Labute approximate surface area is 161 Å². The predicted molar refractivity (Wildman–Crippen MR) is 116 cm³/mol. The maximum Gasteiger partial charge on any atom is -0.00464 e. The van der Waals surface area contributed by atoms with Crippen molar-refractivity contribution in [1.82, 2.24) is 5.32 Å². The van der Waals surface area contributed by atoms with Crippen LogP contribution < -0.4 is 5.32 Å². The minimum Gasteiger partial charge on any atom is -0.317 e. The van der Waals surface area contributed by atoms with Gasteiger partial charge in [0, 0.05) is 0 Å². The number of rotatable bonds is 18. The van der Waals surface area contributed by atoms with E-state index in [-0.39, 0.29) is 0 Å². The lowest BCUT2D eigenvalue weighted by Gasteiger charge is -2.24. The Balaban J connectivity index is 4.17. The fraction of sp³-hybridized carbons (Fsp3) is 1.00. The van der Waals surface area contributed by atoms with Crippen LogP contribution in [0.15, 0.2) is 0 Å². The van der Waals surface area contributed by atoms with Crippen molar-refractivity contribution in [2.24, 2.45) is 23.7 Å². The molecule has 0 rings (SSSR count). The molecule has 0 aromatic rings. The number of hydrogen-bond donors (Lipinski definition) is 1. The zero-order valence-electron chi connectivity index (χ0n) is 18.7. The van der Waals surface area contributed by atoms with Gasteiger partial charge in [-0.05, 0) is 49.6 Å². The standard InChI is InChI=1S/C24H51N/c1-7-13-23(10-4)20-24(18-19-25-11-5)15-12-14-21(6)16-17-22(8-2)9-3/h21-25H,7-20H2,1-6H3. The van der Waals surface area contributed by atoms with Crippen molar-refractivity contribution >= 4 is 0 Å². The normalized spacial score (nSPS) is 15.5. The summed E-state index contributed by atoms with van der Waals surface area (Å²) in [6, 6.07) is 0. The third-order valence-corrected chi connectivity index (χ3v) is 6.45. The molecule has 152 valence electrons. The van der Waals surface area contributed by atoms with E-state index in [1.807, 2.05) is 0 Å². The highest BCUT2D eigenvalue weighted by atomic mass is 14.8. The second-order valence-corrected chi connectivity index (χ2v) is 8.60. The Kier molecular flexibility index (Phi) is 17.3. The Morgan fingerprint density at radius 3 is 1.88 bits per heavy atom. The zero-order chi connectivity index (χ0) is 18.9. The van der Waals surface area contributed by atoms with Gasteiger partial charge in [0.1, 0.15) is 0 Å². The van der Waals surface area contributed by atoms with E-state index in [1.54, 1.807) is 0 Å². The lowest BCUT2D eigenvalue weighted by atomic mass is 9.83. The van der Waals surface area contributed by atoms with E-state index in [9.17, 15) is 0 Å². The molecule has 0 aliphatic rings. The van der Waals surface area contributed by atoms with Crippen molar-refractivity contribution in [1.29, 1.82) is 0 Å². The van der Waals surface area contributed by atoms with Crippen LogP contribution in [0.2, 0.25) is 0 Å². The van der Waals surface area contributed by atoms with Crippen molar-refractivity contribution in [3.05, 3.63) is 0 Å². The first-order valence-corrected chi connectivity index (χ1v) is 11.8. The lowest BCUT2D eigenvalue weighted by Crippen LogP contribution is -2.19. The molecule has 1 heteroatoms. The van der Waals surface area contributed by atoms with Gasteiger partial charge in [-0.1, -0.05) is 106 Å². The van der Waals surface area contributed by atoms with E-state index in [0.717, 1.165) is 30.2 Å². The average molecular weight is 354 g/mol. The van der Waals surface area contributed by atoms with Crippen LogP contribution in [0.4, 0.5) is 0 Å². The SMILES string of the molecule is CCCC(CC)CC(CCCC(C)CCC(CC)CC)CCNCC. The molecule has 3 atom stereocenters. The molecule has 0 radical (unpaired) electrons. The second kappa shape index (κ2) is 17.4. The van der Waals surface area contributed by atoms with E-state index in [1.165, 1.54) is 83.6 Å². The Morgan fingerprint density at radius 1 is 0.640 bits per heavy atom. The molecule has 25 heavy (non-hydrogen) atoms. The Hall–Kier alpha value is -0.0400. The summed E-state index contributed by atoms with van der Waals surface area (Å²) in [6.07, 6.45) is 17.0. The van der Waals surface area contributed by atoms with Gasteiger partial charge in [0.15, 0.2) is 0 Å². The van der Waals surface area contributed by atoms with Gasteiger partial charge in [-0.3, -0.25) is 0 Å². The van der Waals surface area contributed by atoms with Crippen LogP contribution in [0.3, 0.4) is 0 Å². The van der Waals surface area contributed by atoms with Gasteiger partial charge < -0.3 is 5.32 Å². The van der Waals surface area contributed by atoms with Gasteiger partial charge in [0.05, 0.1) is 0 Å². The molecule has 0 aliphatic carbocycles. The maximum atomic E-state index is 3.55. The zero-order valence-corrected chi connectivity index (χ0v) is 18.7. The van der Waals surface area contributed by atoms with Crippen molar-refractivity contribution in [3.8, 4) is 0 Å². The highest BCUT2D eigenvalue weighted by molar-refractivity contribution is 4.69. The average Bonchev–Trinajstić information content (AvgIpc) is 2.62. The summed E-state index contributed by atoms with van der Waals surface area (Å²) in [4.78, 5) is 0. The van der Waals surface area contributed by atoms with Gasteiger partial charge >= 0.3 is 0 Å². The Morgan fingerprint density at radius 2 is 1.32 bits per heavy atom. The predicted octanol–water partition coefficient (Wildman–Crippen LogP) is 7.84. The van der Waals surface area contributed by atoms with Crippen molar-refractivity contribution < 1.29 is 0 Å². The fourth-order valence-corrected chi connectivity index (χ4v) is 4.35. The first kappa shape index (κ1) is 25.0. The largest absolute Gasteiger partial charge is 0.317 e. The summed E-state index contributed by atoms with van der Waals surface area (Å²) < 4.78 is 0. The molecule has 0 aromatic heterocycles. The monoisotopic (exact) mass is 353 g/mol. The Bertz CT molecular complexity index is 259. The minimum absolute atomic E-state index is 0.924. The quantitative estimate of drug-likeness (QED) is 0.247. The van der Waals surface area contributed by atoms with E-state index in [2.05, 4.69) is 46.9 Å². The first-order chi connectivity index (χ1) is 12.1. The molecule has 0 bridgehead atoms. The topological polar surface area (TPSA) is 12.0 Å². The van der Waals surface area contributed by atoms with E-state index in [0.29, 0.717) is 0 Å². The summed E-state index contributed by atoms with van der Waals surface area (Å²) >= 11 is 0. The summed E-state index contributed by atoms with van der Waals surface area (Å²) in [6.45, 7) is 16.5. The van der Waals surface area contributed by atoms with E-state index >= 15 is 0 Å². The van der Waals surface area contributed by atoms with Crippen LogP contribution in [-0.4, -0.2) is 13.1 Å². The molecule has 0 saturated carbocycles. The highest BCUT2D eigenvalue weighted by Gasteiger charge is 2.15. The van der Waals surface area contributed by atoms with Crippen LogP contribution in [0.5, 0.6) is 0 Å². The molecule has 0 aromatic carbocycles. The molecule has 1 nitrogen and oxygen atoms in total. The molecule has 3 unspecified atom stereocenters. The minimum atomic E-state index is 0.924. The summed E-state index contributed by atoms with van der Waals surface area (Å²) in [5.41, 5.74) is 0. The molecular weight excluding hydrogens is 302 g/mol. The summed E-state index contributed by atoms with van der Waals surface area (Å²) in [7, 11) is 0. The van der Waals surface area contributed by atoms with Crippen LogP contribution in [0.25, 0.3) is 0 Å². The van der Waals surface area contributed by atoms with Crippen LogP contribution in [0, 0.1) is 23.7 Å². The van der Waals surface area contributed by atoms with Crippen LogP contribution in [0.1, 0.15) is 119 Å². The molecular formula is C24H51N. The van der Waals surface area contributed by atoms with Gasteiger partial charge in [0.25, 0.3) is 0 Å².